The fourth-order valence-corrected chi connectivity index (χ4v) is 0.771. The first kappa shape index (κ1) is 8.44. The molecule has 0 aliphatic rings. The summed E-state index contributed by atoms with van der Waals surface area (Å²) in [6, 6.07) is 0. The summed E-state index contributed by atoms with van der Waals surface area (Å²) in [7, 11) is 0. The summed E-state index contributed by atoms with van der Waals surface area (Å²) < 4.78 is 5.38. The third-order valence-electron chi connectivity index (χ3n) is 1.37. The molecule has 7 heteroatoms. The molecule has 0 radical (unpaired) electrons. The van der Waals surface area contributed by atoms with Crippen molar-refractivity contribution in [3.05, 3.63) is 26.5 Å². The van der Waals surface area contributed by atoms with Gasteiger partial charge in [-0.05, 0) is 6.92 Å². The summed E-state index contributed by atoms with van der Waals surface area (Å²) >= 11 is 0. The summed E-state index contributed by atoms with van der Waals surface area (Å²) in [5.74, 6) is -0.309. The topological polar surface area (TPSA) is 91.2 Å². The number of nitrogens with zero attached hydrogens (tertiary/aromatic N) is 3. The monoisotopic (exact) mass is 173 g/mol. The normalized spacial score (nSPS) is 10.1. The molecule has 0 saturated heterocycles. The van der Waals surface area contributed by atoms with Gasteiger partial charge in [0, 0.05) is 4.92 Å². The van der Waals surface area contributed by atoms with Crippen LogP contribution in [-0.4, -0.2) is 21.2 Å². The lowest BCUT2D eigenvalue weighted by molar-refractivity contribution is -0.481. The van der Waals surface area contributed by atoms with Crippen molar-refractivity contribution in [1.29, 1.82) is 0 Å². The Kier molecular flexibility index (Phi) is 2.22. The molecule has 0 aliphatic carbocycles. The van der Waals surface area contributed by atoms with Gasteiger partial charge in [0.15, 0.2) is 5.82 Å². The quantitative estimate of drug-likeness (QED) is 0.450. The number of rotatable bonds is 3. The van der Waals surface area contributed by atoms with Crippen LogP contribution < -0.4 is 5.76 Å². The van der Waals surface area contributed by atoms with Gasteiger partial charge in [0.1, 0.15) is 0 Å². The first-order valence-electron chi connectivity index (χ1n) is 3.26. The van der Waals surface area contributed by atoms with Gasteiger partial charge in [-0.25, -0.2) is 4.79 Å². The van der Waals surface area contributed by atoms with Crippen LogP contribution in [0.3, 0.4) is 0 Å². The van der Waals surface area contributed by atoms with Crippen LogP contribution in [0.15, 0.2) is 9.32 Å². The minimum atomic E-state index is -0.658. The molecular formula is C5H7N3O4. The zero-order valence-corrected chi connectivity index (χ0v) is 6.39. The van der Waals surface area contributed by atoms with E-state index in [9.17, 15) is 14.9 Å². The minimum Gasteiger partial charge on any atom is -0.296 e. The highest BCUT2D eigenvalue weighted by molar-refractivity contribution is 4.77. The second-order valence-electron chi connectivity index (χ2n) is 2.20. The predicted octanol–water partition coefficient (Wildman–Crippen LogP) is -0.579. The highest BCUT2D eigenvalue weighted by Gasteiger charge is 2.07. The Hall–Kier alpha value is -1.66. The second-order valence-corrected chi connectivity index (χ2v) is 2.20. The van der Waals surface area contributed by atoms with Crippen LogP contribution in [-0.2, 0) is 6.54 Å². The maximum Gasteiger partial charge on any atom is 0.441 e. The molecule has 7 nitrogen and oxygen atoms in total. The number of hydrogen-bond acceptors (Lipinski definition) is 5. The number of aryl methyl sites for hydroxylation is 1. The molecule has 0 aliphatic heterocycles. The fraction of sp³-hybridized carbons (Fsp3) is 0.600. The van der Waals surface area contributed by atoms with E-state index < -0.39 is 10.7 Å². The van der Waals surface area contributed by atoms with Gasteiger partial charge in [-0.15, -0.1) is 0 Å². The van der Waals surface area contributed by atoms with Crippen molar-refractivity contribution in [3.8, 4) is 0 Å². The summed E-state index contributed by atoms with van der Waals surface area (Å²) in [4.78, 5) is 20.2. The van der Waals surface area contributed by atoms with Gasteiger partial charge >= 0.3 is 5.76 Å². The molecule has 1 heterocycles. The van der Waals surface area contributed by atoms with Gasteiger partial charge in [0.05, 0.1) is 6.54 Å². The molecule has 1 rings (SSSR count). The van der Waals surface area contributed by atoms with E-state index in [2.05, 4.69) is 9.68 Å². The van der Waals surface area contributed by atoms with Gasteiger partial charge < -0.3 is 0 Å². The largest absolute Gasteiger partial charge is 0.441 e. The predicted molar refractivity (Wildman–Crippen MR) is 37.4 cm³/mol. The molecule has 0 fully saturated rings. The van der Waals surface area contributed by atoms with Crippen LogP contribution in [0.4, 0.5) is 0 Å². The lowest BCUT2D eigenvalue weighted by atomic mass is 10.6. The summed E-state index contributed by atoms with van der Waals surface area (Å²) in [5.41, 5.74) is 0. The van der Waals surface area contributed by atoms with E-state index in [4.69, 9.17) is 0 Å². The SMILES string of the molecule is Cc1noc(=O)n1CC[N+](=O)[O-]. The van der Waals surface area contributed by atoms with E-state index in [0.717, 1.165) is 4.57 Å². The van der Waals surface area contributed by atoms with Crippen molar-refractivity contribution in [2.24, 2.45) is 0 Å². The van der Waals surface area contributed by atoms with Crippen LogP contribution >= 0.6 is 0 Å². The molecule has 1 aromatic heterocycles. The zero-order valence-electron chi connectivity index (χ0n) is 6.39. The van der Waals surface area contributed by atoms with E-state index in [-0.39, 0.29) is 13.1 Å². The molecule has 0 N–H and O–H groups in total. The molecule has 0 unspecified atom stereocenters. The Balaban J connectivity index is 2.75. The average molecular weight is 173 g/mol. The third kappa shape index (κ3) is 1.68. The first-order chi connectivity index (χ1) is 5.61. The number of nitro groups is 1. The fourth-order valence-electron chi connectivity index (χ4n) is 0.771. The molecule has 0 aromatic carbocycles. The molecule has 0 bridgehead atoms. The molecule has 0 spiro atoms. The van der Waals surface area contributed by atoms with Gasteiger partial charge in [-0.1, -0.05) is 5.16 Å². The lowest BCUT2D eigenvalue weighted by Crippen LogP contribution is -2.20. The third-order valence-corrected chi connectivity index (χ3v) is 1.37. The van der Waals surface area contributed by atoms with Crippen LogP contribution in [0.1, 0.15) is 5.82 Å². The number of aromatic nitrogens is 2. The van der Waals surface area contributed by atoms with Crippen molar-refractivity contribution in [2.75, 3.05) is 6.54 Å². The van der Waals surface area contributed by atoms with E-state index in [1.54, 1.807) is 6.92 Å². The van der Waals surface area contributed by atoms with Crippen LogP contribution in [0.2, 0.25) is 0 Å². The van der Waals surface area contributed by atoms with E-state index in [1.165, 1.54) is 0 Å². The second kappa shape index (κ2) is 3.16. The maximum absolute atomic E-state index is 10.8. The summed E-state index contributed by atoms with van der Waals surface area (Å²) in [6.07, 6.45) is 0. The molecule has 0 saturated carbocycles. The van der Waals surface area contributed by atoms with Crippen molar-refractivity contribution in [1.82, 2.24) is 9.72 Å². The molecule has 12 heavy (non-hydrogen) atoms. The molecule has 66 valence electrons. The van der Waals surface area contributed by atoms with Crippen molar-refractivity contribution in [2.45, 2.75) is 13.5 Å². The van der Waals surface area contributed by atoms with Crippen molar-refractivity contribution >= 4 is 0 Å². The van der Waals surface area contributed by atoms with Gasteiger partial charge in [0.2, 0.25) is 6.54 Å². The van der Waals surface area contributed by atoms with E-state index in [0.29, 0.717) is 5.82 Å². The van der Waals surface area contributed by atoms with Gasteiger partial charge in [-0.3, -0.25) is 19.2 Å². The molecule has 1 aromatic rings. The van der Waals surface area contributed by atoms with Crippen LogP contribution in [0.25, 0.3) is 0 Å². The lowest BCUT2D eigenvalue weighted by Gasteiger charge is -1.94. The zero-order chi connectivity index (χ0) is 9.14. The Morgan fingerprint density at radius 3 is 2.83 bits per heavy atom. The smallest absolute Gasteiger partial charge is 0.296 e. The summed E-state index contributed by atoms with van der Waals surface area (Å²) in [5, 5.41) is 13.3. The van der Waals surface area contributed by atoms with Crippen LogP contribution in [0.5, 0.6) is 0 Å². The van der Waals surface area contributed by atoms with Gasteiger partial charge in [-0.2, -0.15) is 0 Å². The molecule has 0 atom stereocenters. The molecule has 0 amide bonds. The van der Waals surface area contributed by atoms with Crippen molar-refractivity contribution < 1.29 is 9.45 Å². The standard InChI is InChI=1S/C5H7N3O4/c1-4-6-12-5(9)7(4)2-3-8(10)11/h2-3H2,1H3. The first-order valence-corrected chi connectivity index (χ1v) is 3.26. The van der Waals surface area contributed by atoms with Crippen molar-refractivity contribution in [3.63, 3.8) is 0 Å². The Morgan fingerprint density at radius 2 is 2.42 bits per heavy atom. The Morgan fingerprint density at radius 1 is 1.75 bits per heavy atom. The van der Waals surface area contributed by atoms with E-state index in [1.807, 2.05) is 0 Å². The van der Waals surface area contributed by atoms with E-state index >= 15 is 0 Å². The Bertz CT molecular complexity index is 339. The molecular weight excluding hydrogens is 166 g/mol. The highest BCUT2D eigenvalue weighted by atomic mass is 16.6. The number of hydrogen-bond donors (Lipinski definition) is 0. The average Bonchev–Trinajstić information content (AvgIpc) is 2.28. The van der Waals surface area contributed by atoms with Crippen LogP contribution in [0, 0.1) is 17.0 Å². The summed E-state index contributed by atoms with van der Waals surface area (Å²) in [6.45, 7) is 1.24. The van der Waals surface area contributed by atoms with Gasteiger partial charge in [0.25, 0.3) is 0 Å². The minimum absolute atomic E-state index is 0.00116. The highest BCUT2D eigenvalue weighted by Crippen LogP contribution is 1.88. The maximum atomic E-state index is 10.8. The Labute approximate surface area is 66.7 Å².